The standard InChI is InChI=1S/C11H18N4O3/c1-3-11(4-2,6-12)15-9(17)7-5-13-10(18)14-8(7)16/h5H,3-4,6,12H2,1-2H3,(H,15,17)(H2,13,14,16,18). The molecule has 0 saturated carbocycles. The first-order chi connectivity index (χ1) is 8.48. The number of carbonyl (C=O) groups excluding carboxylic acids is 1. The molecule has 0 aliphatic heterocycles. The van der Waals surface area contributed by atoms with E-state index in [9.17, 15) is 14.4 Å². The minimum Gasteiger partial charge on any atom is -0.345 e. The van der Waals surface area contributed by atoms with Crippen molar-refractivity contribution in [2.75, 3.05) is 6.54 Å². The lowest BCUT2D eigenvalue weighted by Crippen LogP contribution is -2.53. The average molecular weight is 254 g/mol. The molecule has 5 N–H and O–H groups in total. The number of hydrogen-bond donors (Lipinski definition) is 4. The van der Waals surface area contributed by atoms with Crippen LogP contribution in [-0.2, 0) is 0 Å². The summed E-state index contributed by atoms with van der Waals surface area (Å²) < 4.78 is 0. The molecule has 0 radical (unpaired) electrons. The molecular weight excluding hydrogens is 236 g/mol. The van der Waals surface area contributed by atoms with Gasteiger partial charge in [-0.05, 0) is 12.8 Å². The van der Waals surface area contributed by atoms with Crippen LogP contribution in [0.1, 0.15) is 37.0 Å². The average Bonchev–Trinajstić information content (AvgIpc) is 2.36. The Morgan fingerprint density at radius 2 is 2.00 bits per heavy atom. The highest BCUT2D eigenvalue weighted by Gasteiger charge is 2.27. The van der Waals surface area contributed by atoms with Gasteiger partial charge in [-0.3, -0.25) is 14.6 Å². The zero-order chi connectivity index (χ0) is 13.8. The van der Waals surface area contributed by atoms with Gasteiger partial charge in [0.1, 0.15) is 5.56 Å². The summed E-state index contributed by atoms with van der Waals surface area (Å²) in [6.07, 6.45) is 2.42. The summed E-state index contributed by atoms with van der Waals surface area (Å²) in [5, 5.41) is 2.75. The number of H-pyrrole nitrogens is 2. The highest BCUT2D eigenvalue weighted by Crippen LogP contribution is 2.13. The molecule has 7 heteroatoms. The Labute approximate surface area is 104 Å². The number of aromatic nitrogens is 2. The molecule has 100 valence electrons. The summed E-state index contributed by atoms with van der Waals surface area (Å²) in [6, 6.07) is 0. The van der Waals surface area contributed by atoms with Gasteiger partial charge in [-0.15, -0.1) is 0 Å². The molecule has 0 aromatic carbocycles. The third kappa shape index (κ3) is 2.86. The molecule has 1 rings (SSSR count). The van der Waals surface area contributed by atoms with Crippen LogP contribution in [0.2, 0.25) is 0 Å². The SMILES string of the molecule is CCC(CC)(CN)NC(=O)c1c[nH]c(=O)[nH]c1=O. The van der Waals surface area contributed by atoms with Crippen molar-refractivity contribution in [1.29, 1.82) is 0 Å². The fourth-order valence-corrected chi connectivity index (χ4v) is 1.65. The molecule has 0 saturated heterocycles. The van der Waals surface area contributed by atoms with E-state index in [-0.39, 0.29) is 12.1 Å². The van der Waals surface area contributed by atoms with Gasteiger partial charge in [-0.25, -0.2) is 4.79 Å². The number of carbonyl (C=O) groups is 1. The van der Waals surface area contributed by atoms with Crippen LogP contribution >= 0.6 is 0 Å². The van der Waals surface area contributed by atoms with Gasteiger partial charge in [0.15, 0.2) is 0 Å². The van der Waals surface area contributed by atoms with Crippen molar-refractivity contribution in [1.82, 2.24) is 15.3 Å². The highest BCUT2D eigenvalue weighted by molar-refractivity contribution is 5.94. The Hall–Kier alpha value is -1.89. The maximum Gasteiger partial charge on any atom is 0.325 e. The van der Waals surface area contributed by atoms with Gasteiger partial charge in [-0.1, -0.05) is 13.8 Å². The third-order valence-electron chi connectivity index (χ3n) is 3.19. The molecule has 1 aromatic heterocycles. The molecule has 1 aromatic rings. The van der Waals surface area contributed by atoms with E-state index < -0.39 is 22.7 Å². The summed E-state index contributed by atoms with van der Waals surface area (Å²) in [6.45, 7) is 4.11. The zero-order valence-corrected chi connectivity index (χ0v) is 10.5. The quantitative estimate of drug-likeness (QED) is 0.555. The molecule has 1 amide bonds. The maximum absolute atomic E-state index is 12.0. The number of hydrogen-bond acceptors (Lipinski definition) is 4. The molecule has 0 bridgehead atoms. The lowest BCUT2D eigenvalue weighted by molar-refractivity contribution is 0.0893. The van der Waals surface area contributed by atoms with Crippen LogP contribution in [0, 0.1) is 0 Å². The van der Waals surface area contributed by atoms with E-state index in [2.05, 4.69) is 10.3 Å². The lowest BCUT2D eigenvalue weighted by Gasteiger charge is -2.31. The van der Waals surface area contributed by atoms with Crippen LogP contribution in [0.4, 0.5) is 0 Å². The van der Waals surface area contributed by atoms with Crippen molar-refractivity contribution in [2.45, 2.75) is 32.2 Å². The topological polar surface area (TPSA) is 121 Å². The first-order valence-electron chi connectivity index (χ1n) is 5.82. The van der Waals surface area contributed by atoms with E-state index in [0.717, 1.165) is 6.20 Å². The molecule has 0 aliphatic rings. The minimum atomic E-state index is -0.714. The number of nitrogens with one attached hydrogen (secondary N) is 3. The normalized spacial score (nSPS) is 11.3. The van der Waals surface area contributed by atoms with Crippen molar-refractivity contribution in [3.05, 3.63) is 32.6 Å². The van der Waals surface area contributed by atoms with Gasteiger partial charge in [0.05, 0.1) is 5.54 Å². The van der Waals surface area contributed by atoms with Crippen LogP contribution in [0.25, 0.3) is 0 Å². The largest absolute Gasteiger partial charge is 0.345 e. The van der Waals surface area contributed by atoms with Crippen molar-refractivity contribution < 1.29 is 4.79 Å². The van der Waals surface area contributed by atoms with Gasteiger partial charge >= 0.3 is 5.69 Å². The summed E-state index contributed by atoms with van der Waals surface area (Å²) in [5.41, 5.74) is 3.64. The first kappa shape index (κ1) is 14.2. The number of aromatic amines is 2. The predicted octanol–water partition coefficient (Wildman–Crippen LogP) is -0.689. The van der Waals surface area contributed by atoms with Crippen molar-refractivity contribution in [2.24, 2.45) is 5.73 Å². The second kappa shape index (κ2) is 5.63. The molecule has 7 nitrogen and oxygen atoms in total. The predicted molar refractivity (Wildman–Crippen MR) is 67.5 cm³/mol. The lowest BCUT2D eigenvalue weighted by atomic mass is 9.92. The highest BCUT2D eigenvalue weighted by atomic mass is 16.2. The Morgan fingerprint density at radius 1 is 1.39 bits per heavy atom. The van der Waals surface area contributed by atoms with Gasteiger partial charge in [-0.2, -0.15) is 0 Å². The van der Waals surface area contributed by atoms with Gasteiger partial charge in [0.25, 0.3) is 11.5 Å². The molecule has 18 heavy (non-hydrogen) atoms. The Bertz CT molecular complexity index is 519. The van der Waals surface area contributed by atoms with Crippen LogP contribution in [-0.4, -0.2) is 28.0 Å². The summed E-state index contributed by atoms with van der Waals surface area (Å²) >= 11 is 0. The first-order valence-corrected chi connectivity index (χ1v) is 5.82. The van der Waals surface area contributed by atoms with E-state index in [1.807, 2.05) is 18.8 Å². The maximum atomic E-state index is 12.0. The second-order valence-corrected chi connectivity index (χ2v) is 4.13. The Kier molecular flexibility index (Phi) is 4.43. The number of amides is 1. The monoisotopic (exact) mass is 254 g/mol. The summed E-state index contributed by atoms with van der Waals surface area (Å²) in [7, 11) is 0. The van der Waals surface area contributed by atoms with E-state index in [1.165, 1.54) is 0 Å². The summed E-state index contributed by atoms with van der Waals surface area (Å²) in [5.74, 6) is -0.540. The fourth-order valence-electron chi connectivity index (χ4n) is 1.65. The van der Waals surface area contributed by atoms with E-state index >= 15 is 0 Å². The molecular formula is C11H18N4O3. The van der Waals surface area contributed by atoms with E-state index in [1.54, 1.807) is 0 Å². The van der Waals surface area contributed by atoms with Crippen molar-refractivity contribution >= 4 is 5.91 Å². The Morgan fingerprint density at radius 3 is 2.44 bits per heavy atom. The smallest absolute Gasteiger partial charge is 0.325 e. The molecule has 0 aliphatic carbocycles. The van der Waals surface area contributed by atoms with Crippen molar-refractivity contribution in [3.63, 3.8) is 0 Å². The summed E-state index contributed by atoms with van der Waals surface area (Å²) in [4.78, 5) is 38.5. The third-order valence-corrected chi connectivity index (χ3v) is 3.19. The number of nitrogens with two attached hydrogens (primary N) is 1. The van der Waals surface area contributed by atoms with Gasteiger partial charge in [0.2, 0.25) is 0 Å². The van der Waals surface area contributed by atoms with Crippen LogP contribution in [0.3, 0.4) is 0 Å². The molecule has 0 fully saturated rings. The van der Waals surface area contributed by atoms with E-state index in [4.69, 9.17) is 5.73 Å². The molecule has 0 atom stereocenters. The van der Waals surface area contributed by atoms with Crippen molar-refractivity contribution in [3.8, 4) is 0 Å². The minimum absolute atomic E-state index is 0.130. The molecule has 0 spiro atoms. The van der Waals surface area contributed by atoms with Crippen LogP contribution in [0.5, 0.6) is 0 Å². The van der Waals surface area contributed by atoms with Gasteiger partial charge in [0, 0.05) is 12.7 Å². The molecule has 0 unspecified atom stereocenters. The van der Waals surface area contributed by atoms with Gasteiger partial charge < -0.3 is 16.0 Å². The number of rotatable bonds is 5. The molecule has 1 heterocycles. The zero-order valence-electron chi connectivity index (χ0n) is 10.5. The fraction of sp³-hybridized carbons (Fsp3) is 0.545. The second-order valence-electron chi connectivity index (χ2n) is 4.13. The van der Waals surface area contributed by atoms with E-state index in [0.29, 0.717) is 12.8 Å². The Balaban J connectivity index is 3.01. The van der Waals surface area contributed by atoms with Crippen LogP contribution in [0.15, 0.2) is 15.8 Å². The van der Waals surface area contributed by atoms with Crippen LogP contribution < -0.4 is 22.3 Å².